The molecule has 3 heteroatoms. The fourth-order valence-corrected chi connectivity index (χ4v) is 2.33. The van der Waals surface area contributed by atoms with Gasteiger partial charge in [-0.05, 0) is 25.0 Å². The molecule has 1 saturated heterocycles. The molecule has 1 N–H and O–H groups in total. The molecule has 1 aromatic rings. The second-order valence-electron chi connectivity index (χ2n) is 4.56. The molecule has 2 rings (SSSR count). The van der Waals surface area contributed by atoms with Crippen molar-refractivity contribution in [2.45, 2.75) is 26.3 Å². The molecule has 1 aliphatic rings. The Kier molecular flexibility index (Phi) is 3.79. The number of piperazine rings is 1. The first-order valence-electron chi connectivity index (χ1n) is 6.33. The number of hydrogen-bond acceptors (Lipinski definition) is 2. The van der Waals surface area contributed by atoms with Crippen LogP contribution < -0.4 is 5.32 Å². The fourth-order valence-electron chi connectivity index (χ4n) is 2.33. The van der Waals surface area contributed by atoms with Crippen molar-refractivity contribution >= 4 is 5.91 Å². The summed E-state index contributed by atoms with van der Waals surface area (Å²) in [7, 11) is 0. The van der Waals surface area contributed by atoms with Gasteiger partial charge in [0.15, 0.2) is 0 Å². The van der Waals surface area contributed by atoms with Gasteiger partial charge in [-0.25, -0.2) is 0 Å². The average molecular weight is 232 g/mol. The third kappa shape index (κ3) is 2.50. The summed E-state index contributed by atoms with van der Waals surface area (Å²) in [5.74, 6) is 0.177. The van der Waals surface area contributed by atoms with E-state index in [1.54, 1.807) is 0 Å². The summed E-state index contributed by atoms with van der Waals surface area (Å²) in [6, 6.07) is 8.20. The molecule has 0 saturated carbocycles. The molecule has 0 aromatic heterocycles. The third-order valence-electron chi connectivity index (χ3n) is 3.39. The number of nitrogens with one attached hydrogen (secondary N) is 1. The minimum atomic E-state index is 0.177. The minimum absolute atomic E-state index is 0.177. The van der Waals surface area contributed by atoms with Gasteiger partial charge in [0.2, 0.25) is 0 Å². The minimum Gasteiger partial charge on any atom is -0.333 e. The molecule has 92 valence electrons. The second-order valence-corrected chi connectivity index (χ2v) is 4.56. The summed E-state index contributed by atoms with van der Waals surface area (Å²) in [6.07, 6.45) is 0.905. The lowest BCUT2D eigenvalue weighted by atomic mass is 10.0. The number of hydrogen-bond donors (Lipinski definition) is 1. The van der Waals surface area contributed by atoms with Crippen LogP contribution in [-0.2, 0) is 6.42 Å². The van der Waals surface area contributed by atoms with Crippen molar-refractivity contribution in [2.24, 2.45) is 0 Å². The number of benzene rings is 1. The van der Waals surface area contributed by atoms with Crippen LogP contribution >= 0.6 is 0 Å². The maximum Gasteiger partial charge on any atom is 0.254 e. The van der Waals surface area contributed by atoms with Crippen molar-refractivity contribution in [3.05, 3.63) is 35.4 Å². The van der Waals surface area contributed by atoms with Crippen LogP contribution in [0.5, 0.6) is 0 Å². The number of amides is 1. The molecule has 1 aromatic carbocycles. The van der Waals surface area contributed by atoms with E-state index in [-0.39, 0.29) is 11.9 Å². The molecular weight excluding hydrogens is 212 g/mol. The SMILES string of the molecule is CCc1ccccc1C(=O)N1CCNC[C@H]1C. The first kappa shape index (κ1) is 12.1. The van der Waals surface area contributed by atoms with Crippen LogP contribution in [-0.4, -0.2) is 36.5 Å². The van der Waals surface area contributed by atoms with Gasteiger partial charge in [-0.1, -0.05) is 25.1 Å². The van der Waals surface area contributed by atoms with Gasteiger partial charge in [-0.3, -0.25) is 4.79 Å². The first-order valence-corrected chi connectivity index (χ1v) is 6.33. The molecule has 3 nitrogen and oxygen atoms in total. The van der Waals surface area contributed by atoms with Crippen LogP contribution in [0.2, 0.25) is 0 Å². The number of aryl methyl sites for hydroxylation is 1. The summed E-state index contributed by atoms with van der Waals surface area (Å²) in [6.45, 7) is 6.77. The van der Waals surface area contributed by atoms with E-state index in [2.05, 4.69) is 19.2 Å². The third-order valence-corrected chi connectivity index (χ3v) is 3.39. The number of carbonyl (C=O) groups is 1. The maximum absolute atomic E-state index is 12.5. The molecule has 0 spiro atoms. The smallest absolute Gasteiger partial charge is 0.254 e. The van der Waals surface area contributed by atoms with Gasteiger partial charge in [-0.2, -0.15) is 0 Å². The molecule has 17 heavy (non-hydrogen) atoms. The van der Waals surface area contributed by atoms with Crippen LogP contribution in [0.15, 0.2) is 24.3 Å². The lowest BCUT2D eigenvalue weighted by Crippen LogP contribution is -2.52. The molecule has 0 radical (unpaired) electrons. The highest BCUT2D eigenvalue weighted by Gasteiger charge is 2.24. The van der Waals surface area contributed by atoms with Gasteiger partial charge in [0.05, 0.1) is 0 Å². The molecule has 0 aliphatic carbocycles. The quantitative estimate of drug-likeness (QED) is 0.841. The Balaban J connectivity index is 2.23. The first-order chi connectivity index (χ1) is 8.24. The summed E-state index contributed by atoms with van der Waals surface area (Å²) in [5.41, 5.74) is 2.01. The van der Waals surface area contributed by atoms with Gasteiger partial charge in [0.1, 0.15) is 0 Å². The second kappa shape index (κ2) is 5.32. The van der Waals surface area contributed by atoms with Gasteiger partial charge in [0.25, 0.3) is 5.91 Å². The molecule has 1 amide bonds. The zero-order valence-electron chi connectivity index (χ0n) is 10.6. The van der Waals surface area contributed by atoms with Crippen molar-refractivity contribution in [3.8, 4) is 0 Å². The Morgan fingerprint density at radius 2 is 2.24 bits per heavy atom. The van der Waals surface area contributed by atoms with Crippen molar-refractivity contribution in [3.63, 3.8) is 0 Å². The molecule has 0 unspecified atom stereocenters. The Hall–Kier alpha value is -1.35. The van der Waals surface area contributed by atoms with E-state index in [9.17, 15) is 4.79 Å². The normalized spacial score (nSPS) is 20.4. The monoisotopic (exact) mass is 232 g/mol. The van der Waals surface area contributed by atoms with Gasteiger partial charge >= 0.3 is 0 Å². The van der Waals surface area contributed by atoms with Crippen LogP contribution in [0.25, 0.3) is 0 Å². The van der Waals surface area contributed by atoms with E-state index in [1.807, 2.05) is 29.2 Å². The lowest BCUT2D eigenvalue weighted by molar-refractivity contribution is 0.0654. The topological polar surface area (TPSA) is 32.3 Å². The van der Waals surface area contributed by atoms with E-state index >= 15 is 0 Å². The predicted molar refractivity (Wildman–Crippen MR) is 69.2 cm³/mol. The maximum atomic E-state index is 12.5. The lowest BCUT2D eigenvalue weighted by Gasteiger charge is -2.34. The largest absolute Gasteiger partial charge is 0.333 e. The van der Waals surface area contributed by atoms with Crippen LogP contribution in [0, 0.1) is 0 Å². The number of rotatable bonds is 2. The van der Waals surface area contributed by atoms with Crippen LogP contribution in [0.3, 0.4) is 0 Å². The van der Waals surface area contributed by atoms with E-state index in [1.165, 1.54) is 0 Å². The highest BCUT2D eigenvalue weighted by Crippen LogP contribution is 2.15. The molecule has 0 bridgehead atoms. The van der Waals surface area contributed by atoms with Gasteiger partial charge in [-0.15, -0.1) is 0 Å². The number of carbonyl (C=O) groups excluding carboxylic acids is 1. The standard InChI is InChI=1S/C14H20N2O/c1-3-12-6-4-5-7-13(12)14(17)16-9-8-15-10-11(16)2/h4-7,11,15H,3,8-10H2,1-2H3/t11-/m1/s1. The van der Waals surface area contributed by atoms with E-state index in [0.717, 1.165) is 37.2 Å². The molecule has 1 heterocycles. The molecule has 1 atom stereocenters. The Labute approximate surface area is 103 Å². The molecular formula is C14H20N2O. The molecule has 1 fully saturated rings. The van der Waals surface area contributed by atoms with Crippen molar-refractivity contribution in [1.82, 2.24) is 10.2 Å². The van der Waals surface area contributed by atoms with Gasteiger partial charge in [0, 0.05) is 31.2 Å². The summed E-state index contributed by atoms with van der Waals surface area (Å²) >= 11 is 0. The Morgan fingerprint density at radius 3 is 2.94 bits per heavy atom. The number of nitrogens with zero attached hydrogens (tertiary/aromatic N) is 1. The molecule has 1 aliphatic heterocycles. The summed E-state index contributed by atoms with van der Waals surface area (Å²) in [4.78, 5) is 14.5. The highest BCUT2D eigenvalue weighted by molar-refractivity contribution is 5.96. The van der Waals surface area contributed by atoms with E-state index in [4.69, 9.17) is 0 Å². The zero-order chi connectivity index (χ0) is 12.3. The Morgan fingerprint density at radius 1 is 1.47 bits per heavy atom. The summed E-state index contributed by atoms with van der Waals surface area (Å²) in [5, 5.41) is 3.31. The zero-order valence-corrected chi connectivity index (χ0v) is 10.6. The van der Waals surface area contributed by atoms with Crippen molar-refractivity contribution in [2.75, 3.05) is 19.6 Å². The Bertz CT molecular complexity index is 403. The van der Waals surface area contributed by atoms with Crippen LogP contribution in [0.4, 0.5) is 0 Å². The van der Waals surface area contributed by atoms with Crippen LogP contribution in [0.1, 0.15) is 29.8 Å². The van der Waals surface area contributed by atoms with Crippen molar-refractivity contribution < 1.29 is 4.79 Å². The van der Waals surface area contributed by atoms with E-state index in [0.29, 0.717) is 0 Å². The fraction of sp³-hybridized carbons (Fsp3) is 0.500. The summed E-state index contributed by atoms with van der Waals surface area (Å²) < 4.78 is 0. The van der Waals surface area contributed by atoms with E-state index < -0.39 is 0 Å². The van der Waals surface area contributed by atoms with Gasteiger partial charge < -0.3 is 10.2 Å². The van der Waals surface area contributed by atoms with Crippen molar-refractivity contribution in [1.29, 1.82) is 0 Å². The highest BCUT2D eigenvalue weighted by atomic mass is 16.2. The average Bonchev–Trinajstić information content (AvgIpc) is 2.38. The predicted octanol–water partition coefficient (Wildman–Crippen LogP) is 1.68.